The van der Waals surface area contributed by atoms with Crippen LogP contribution in [0.2, 0.25) is 5.02 Å². The molecule has 0 aliphatic rings. The zero-order valence-electron chi connectivity index (χ0n) is 14.5. The minimum absolute atomic E-state index is 0.199. The van der Waals surface area contributed by atoms with Crippen molar-refractivity contribution in [2.75, 3.05) is 0 Å². The van der Waals surface area contributed by atoms with Crippen molar-refractivity contribution in [3.63, 3.8) is 0 Å². The Hall–Kier alpha value is -2.85. The normalized spacial score (nSPS) is 10.8. The maximum Gasteiger partial charge on any atom is 0.266 e. The Balaban J connectivity index is 2.33. The van der Waals surface area contributed by atoms with E-state index in [1.807, 2.05) is 0 Å². The summed E-state index contributed by atoms with van der Waals surface area (Å²) in [6.07, 6.45) is 4.41. The summed E-state index contributed by atoms with van der Waals surface area (Å²) in [4.78, 5) is 17.6. The van der Waals surface area contributed by atoms with Crippen LogP contribution in [0.5, 0.6) is 5.75 Å². The summed E-state index contributed by atoms with van der Waals surface area (Å²) >= 11 is 6.05. The van der Waals surface area contributed by atoms with E-state index in [9.17, 15) is 9.90 Å². The summed E-state index contributed by atoms with van der Waals surface area (Å²) in [6, 6.07) is 8.65. The van der Waals surface area contributed by atoms with Gasteiger partial charge in [-0.3, -0.25) is 9.36 Å². The Morgan fingerprint density at radius 2 is 1.77 bits per heavy atom. The molecule has 0 aliphatic carbocycles. The minimum atomic E-state index is -0.199. The van der Waals surface area contributed by atoms with Crippen molar-refractivity contribution in [1.29, 1.82) is 0 Å². The number of aromatic hydroxyl groups is 1. The number of phenolic OH excluding ortho intramolecular Hbond substituents is 1. The third-order valence-corrected chi connectivity index (χ3v) is 4.47. The van der Waals surface area contributed by atoms with E-state index in [0.29, 0.717) is 51.4 Å². The quantitative estimate of drug-likeness (QED) is 0.676. The number of allylic oxidation sites excluding steroid dienone is 2. The van der Waals surface area contributed by atoms with Gasteiger partial charge in [-0.2, -0.15) is 0 Å². The van der Waals surface area contributed by atoms with Crippen LogP contribution in [0.4, 0.5) is 0 Å². The highest BCUT2D eigenvalue weighted by molar-refractivity contribution is 6.31. The Kier molecular flexibility index (Phi) is 4.96. The summed E-state index contributed by atoms with van der Waals surface area (Å²) in [5, 5.41) is 11.4. The first-order valence-electron chi connectivity index (χ1n) is 8.22. The molecule has 132 valence electrons. The molecule has 0 atom stereocenters. The van der Waals surface area contributed by atoms with Crippen molar-refractivity contribution in [3.8, 4) is 11.4 Å². The van der Waals surface area contributed by atoms with Gasteiger partial charge < -0.3 is 5.11 Å². The molecular weight excluding hydrogens is 348 g/mol. The maximum absolute atomic E-state index is 13.1. The smallest absolute Gasteiger partial charge is 0.266 e. The lowest BCUT2D eigenvalue weighted by Crippen LogP contribution is -2.22. The first-order valence-corrected chi connectivity index (χ1v) is 8.60. The number of aryl methyl sites for hydroxylation is 1. The van der Waals surface area contributed by atoms with Crippen LogP contribution in [-0.4, -0.2) is 14.7 Å². The highest BCUT2D eigenvalue weighted by Gasteiger charge is 2.14. The molecule has 1 heterocycles. The number of benzene rings is 2. The first kappa shape index (κ1) is 18.0. The van der Waals surface area contributed by atoms with E-state index in [1.165, 1.54) is 4.57 Å². The molecule has 3 rings (SSSR count). The fourth-order valence-electron chi connectivity index (χ4n) is 3.07. The largest absolute Gasteiger partial charge is 0.507 e. The maximum atomic E-state index is 13.1. The molecular formula is C21H19ClN2O2. The van der Waals surface area contributed by atoms with Gasteiger partial charge in [-0.05, 0) is 61.2 Å². The van der Waals surface area contributed by atoms with Crippen LogP contribution in [0.1, 0.15) is 17.0 Å². The first-order chi connectivity index (χ1) is 12.5. The van der Waals surface area contributed by atoms with E-state index in [0.717, 1.165) is 0 Å². The van der Waals surface area contributed by atoms with Crippen LogP contribution >= 0.6 is 11.6 Å². The molecule has 4 nitrogen and oxygen atoms in total. The van der Waals surface area contributed by atoms with Gasteiger partial charge in [0.1, 0.15) is 11.6 Å². The number of rotatable bonds is 5. The second-order valence-corrected chi connectivity index (χ2v) is 6.50. The van der Waals surface area contributed by atoms with Gasteiger partial charge in [-0.15, -0.1) is 13.2 Å². The number of phenols is 1. The highest BCUT2D eigenvalue weighted by Crippen LogP contribution is 2.28. The molecule has 0 saturated heterocycles. The molecule has 26 heavy (non-hydrogen) atoms. The molecule has 0 spiro atoms. The summed E-state index contributed by atoms with van der Waals surface area (Å²) in [5.74, 6) is 0.765. The van der Waals surface area contributed by atoms with Gasteiger partial charge >= 0.3 is 0 Å². The number of halogens is 1. The molecule has 0 saturated carbocycles. The SMILES string of the molecule is C=CCc1cc(-n2c(C)nc3ccc(Cl)cc3c2=O)cc(CC=C)c1O. The van der Waals surface area contributed by atoms with E-state index in [2.05, 4.69) is 18.1 Å². The molecule has 0 fully saturated rings. The molecule has 0 amide bonds. The summed E-state index contributed by atoms with van der Waals surface area (Å²) in [5.41, 5.74) is 2.45. The van der Waals surface area contributed by atoms with Gasteiger partial charge in [-0.1, -0.05) is 23.8 Å². The monoisotopic (exact) mass is 366 g/mol. The molecule has 2 aromatic carbocycles. The Morgan fingerprint density at radius 1 is 1.15 bits per heavy atom. The molecule has 1 aromatic heterocycles. The Bertz CT molecular complexity index is 1050. The second kappa shape index (κ2) is 7.18. The summed E-state index contributed by atoms with van der Waals surface area (Å²) in [6.45, 7) is 9.25. The van der Waals surface area contributed by atoms with Crippen molar-refractivity contribution < 1.29 is 5.11 Å². The van der Waals surface area contributed by atoms with Gasteiger partial charge in [0, 0.05) is 5.02 Å². The van der Waals surface area contributed by atoms with E-state index in [-0.39, 0.29) is 11.3 Å². The molecule has 0 aliphatic heterocycles. The van der Waals surface area contributed by atoms with Crippen LogP contribution in [0.3, 0.4) is 0 Å². The van der Waals surface area contributed by atoms with Gasteiger partial charge in [0.15, 0.2) is 0 Å². The standard InChI is InChI=1S/C21H19ClN2O2/c1-4-6-14-10-17(11-15(7-5-2)20(14)25)24-13(3)23-19-9-8-16(22)12-18(19)21(24)26/h4-5,8-12,25H,1-2,6-7H2,3H3. The van der Waals surface area contributed by atoms with Crippen molar-refractivity contribution in [1.82, 2.24) is 9.55 Å². The van der Waals surface area contributed by atoms with E-state index in [1.54, 1.807) is 49.4 Å². The Labute approximate surface area is 156 Å². The zero-order valence-corrected chi connectivity index (χ0v) is 15.3. The number of hydrogen-bond donors (Lipinski definition) is 1. The number of aromatic nitrogens is 2. The van der Waals surface area contributed by atoms with Gasteiger partial charge in [-0.25, -0.2) is 4.98 Å². The topological polar surface area (TPSA) is 55.1 Å². The van der Waals surface area contributed by atoms with Crippen LogP contribution in [0.15, 0.2) is 60.4 Å². The van der Waals surface area contributed by atoms with Gasteiger partial charge in [0.25, 0.3) is 5.56 Å². The number of nitrogens with zero attached hydrogens (tertiary/aromatic N) is 2. The Morgan fingerprint density at radius 3 is 2.35 bits per heavy atom. The number of hydrogen-bond acceptors (Lipinski definition) is 3. The van der Waals surface area contributed by atoms with Crippen LogP contribution in [0.25, 0.3) is 16.6 Å². The third-order valence-electron chi connectivity index (χ3n) is 4.24. The van der Waals surface area contributed by atoms with Crippen LogP contribution < -0.4 is 5.56 Å². The van der Waals surface area contributed by atoms with Gasteiger partial charge in [0.2, 0.25) is 0 Å². The van der Waals surface area contributed by atoms with Crippen molar-refractivity contribution in [2.24, 2.45) is 0 Å². The molecule has 3 aromatic rings. The van der Waals surface area contributed by atoms with E-state index < -0.39 is 0 Å². The second-order valence-electron chi connectivity index (χ2n) is 6.06. The molecule has 0 radical (unpaired) electrons. The molecule has 0 bridgehead atoms. The summed E-state index contributed by atoms with van der Waals surface area (Å²) < 4.78 is 1.54. The lowest BCUT2D eigenvalue weighted by molar-refractivity contribution is 0.464. The minimum Gasteiger partial charge on any atom is -0.507 e. The summed E-state index contributed by atoms with van der Waals surface area (Å²) in [7, 11) is 0. The average Bonchev–Trinajstić information content (AvgIpc) is 2.60. The zero-order chi connectivity index (χ0) is 18.8. The van der Waals surface area contributed by atoms with E-state index >= 15 is 0 Å². The predicted molar refractivity (Wildman–Crippen MR) is 107 cm³/mol. The van der Waals surface area contributed by atoms with Gasteiger partial charge in [0.05, 0.1) is 16.6 Å². The average molecular weight is 367 g/mol. The van der Waals surface area contributed by atoms with Crippen LogP contribution in [-0.2, 0) is 12.8 Å². The van der Waals surface area contributed by atoms with Crippen molar-refractivity contribution >= 4 is 22.5 Å². The van der Waals surface area contributed by atoms with Crippen molar-refractivity contribution in [3.05, 3.63) is 88.0 Å². The van der Waals surface area contributed by atoms with E-state index in [4.69, 9.17) is 11.6 Å². The van der Waals surface area contributed by atoms with Crippen LogP contribution in [0, 0.1) is 6.92 Å². The van der Waals surface area contributed by atoms with Crippen molar-refractivity contribution in [2.45, 2.75) is 19.8 Å². The molecule has 1 N–H and O–H groups in total. The fraction of sp³-hybridized carbons (Fsp3) is 0.143. The highest BCUT2D eigenvalue weighted by atomic mass is 35.5. The fourth-order valence-corrected chi connectivity index (χ4v) is 3.24. The third kappa shape index (κ3) is 3.16. The lowest BCUT2D eigenvalue weighted by Gasteiger charge is -2.15. The molecule has 5 heteroatoms. The number of fused-ring (bicyclic) bond motifs is 1. The predicted octanol–water partition coefficient (Wildman–Crippen LogP) is 4.51. The molecule has 0 unspecified atom stereocenters. The lowest BCUT2D eigenvalue weighted by atomic mass is 10.0.